The van der Waals surface area contributed by atoms with Gasteiger partial charge >= 0.3 is 5.97 Å². The van der Waals surface area contributed by atoms with E-state index >= 15 is 0 Å². The number of ether oxygens (including phenoxy) is 1. The number of hydrogen-bond acceptors (Lipinski definition) is 5. The standard InChI is InChI=1S/C14H20N2O4/c1-14(2,3)20-13(19)11(15)8-16-12(18)9-4-6-10(17)7-5-9/h4-7,11,17H,8,15H2,1-3H3,(H,16,18). The number of phenols is 1. The maximum absolute atomic E-state index is 11.8. The van der Waals surface area contributed by atoms with E-state index in [2.05, 4.69) is 5.32 Å². The van der Waals surface area contributed by atoms with Gasteiger partial charge in [-0.3, -0.25) is 9.59 Å². The fraction of sp³-hybridized carbons (Fsp3) is 0.429. The van der Waals surface area contributed by atoms with Gasteiger partial charge < -0.3 is 20.9 Å². The van der Waals surface area contributed by atoms with E-state index in [0.29, 0.717) is 5.56 Å². The molecule has 1 amide bonds. The highest BCUT2D eigenvalue weighted by molar-refractivity contribution is 5.94. The van der Waals surface area contributed by atoms with Crippen molar-refractivity contribution >= 4 is 11.9 Å². The van der Waals surface area contributed by atoms with E-state index in [4.69, 9.17) is 15.6 Å². The van der Waals surface area contributed by atoms with E-state index in [0.717, 1.165) is 0 Å². The van der Waals surface area contributed by atoms with Crippen LogP contribution in [-0.2, 0) is 9.53 Å². The van der Waals surface area contributed by atoms with Crippen molar-refractivity contribution in [3.8, 4) is 5.75 Å². The summed E-state index contributed by atoms with van der Waals surface area (Å²) in [4.78, 5) is 23.4. The highest BCUT2D eigenvalue weighted by Gasteiger charge is 2.22. The average molecular weight is 280 g/mol. The van der Waals surface area contributed by atoms with Crippen LogP contribution in [0.15, 0.2) is 24.3 Å². The maximum Gasteiger partial charge on any atom is 0.325 e. The van der Waals surface area contributed by atoms with Crippen molar-refractivity contribution in [3.63, 3.8) is 0 Å². The summed E-state index contributed by atoms with van der Waals surface area (Å²) in [5.74, 6) is -0.862. The van der Waals surface area contributed by atoms with Gasteiger partial charge in [0.2, 0.25) is 0 Å². The number of nitrogens with two attached hydrogens (primary N) is 1. The monoisotopic (exact) mass is 280 g/mol. The van der Waals surface area contributed by atoms with Crippen molar-refractivity contribution in [3.05, 3.63) is 29.8 Å². The van der Waals surface area contributed by atoms with Crippen LogP contribution in [0.25, 0.3) is 0 Å². The van der Waals surface area contributed by atoms with Crippen LogP contribution in [0, 0.1) is 0 Å². The number of hydrogen-bond donors (Lipinski definition) is 3. The summed E-state index contributed by atoms with van der Waals surface area (Å²) >= 11 is 0. The number of carbonyl (C=O) groups is 2. The lowest BCUT2D eigenvalue weighted by Crippen LogP contribution is -2.45. The number of aromatic hydroxyl groups is 1. The molecule has 0 saturated carbocycles. The summed E-state index contributed by atoms with van der Waals surface area (Å²) in [6, 6.07) is 4.84. The van der Waals surface area contributed by atoms with Crippen molar-refractivity contribution in [2.75, 3.05) is 6.54 Å². The second-order valence-electron chi connectivity index (χ2n) is 5.40. The van der Waals surface area contributed by atoms with Crippen LogP contribution in [0.1, 0.15) is 31.1 Å². The van der Waals surface area contributed by atoms with Gasteiger partial charge in [-0.25, -0.2) is 0 Å². The topological polar surface area (TPSA) is 102 Å². The molecule has 0 saturated heterocycles. The predicted octanol–water partition coefficient (Wildman–Crippen LogP) is 0.791. The molecule has 0 radical (unpaired) electrons. The summed E-state index contributed by atoms with van der Waals surface area (Å²) in [5.41, 5.74) is 5.40. The zero-order chi connectivity index (χ0) is 15.3. The van der Waals surface area contributed by atoms with Crippen molar-refractivity contribution < 1.29 is 19.4 Å². The number of benzene rings is 1. The molecule has 1 aromatic rings. The number of amides is 1. The van der Waals surface area contributed by atoms with Crippen molar-refractivity contribution in [2.24, 2.45) is 5.73 Å². The average Bonchev–Trinajstić information content (AvgIpc) is 2.34. The van der Waals surface area contributed by atoms with Crippen LogP contribution in [-0.4, -0.2) is 35.2 Å². The van der Waals surface area contributed by atoms with Gasteiger partial charge in [0.25, 0.3) is 5.91 Å². The van der Waals surface area contributed by atoms with E-state index in [1.807, 2.05) is 0 Å². The summed E-state index contributed by atoms with van der Waals surface area (Å²) < 4.78 is 5.10. The van der Waals surface area contributed by atoms with E-state index in [1.165, 1.54) is 24.3 Å². The van der Waals surface area contributed by atoms with Gasteiger partial charge in [-0.1, -0.05) is 0 Å². The van der Waals surface area contributed by atoms with Gasteiger partial charge in [0.05, 0.1) is 0 Å². The number of esters is 1. The lowest BCUT2D eigenvalue weighted by molar-refractivity contribution is -0.156. The molecule has 110 valence electrons. The highest BCUT2D eigenvalue weighted by atomic mass is 16.6. The maximum atomic E-state index is 11.8. The fourth-order valence-electron chi connectivity index (χ4n) is 1.38. The molecule has 0 bridgehead atoms. The van der Waals surface area contributed by atoms with Crippen LogP contribution in [0.5, 0.6) is 5.75 Å². The van der Waals surface area contributed by atoms with Crippen LogP contribution in [0.2, 0.25) is 0 Å². The Balaban J connectivity index is 2.48. The molecule has 0 fully saturated rings. The molecule has 0 heterocycles. The fourth-order valence-corrected chi connectivity index (χ4v) is 1.38. The molecule has 1 aromatic carbocycles. The molecule has 20 heavy (non-hydrogen) atoms. The molecule has 0 aliphatic rings. The molecule has 1 rings (SSSR count). The van der Waals surface area contributed by atoms with Crippen LogP contribution in [0.4, 0.5) is 0 Å². The second kappa shape index (κ2) is 6.38. The first-order valence-corrected chi connectivity index (χ1v) is 6.25. The summed E-state index contributed by atoms with van der Waals surface area (Å²) in [6.07, 6.45) is 0. The largest absolute Gasteiger partial charge is 0.508 e. The third-order valence-corrected chi connectivity index (χ3v) is 2.32. The van der Waals surface area contributed by atoms with Gasteiger partial charge in [-0.15, -0.1) is 0 Å². The summed E-state index contributed by atoms with van der Waals surface area (Å²) in [6.45, 7) is 5.21. The number of carbonyl (C=O) groups excluding carboxylic acids is 2. The molecule has 6 heteroatoms. The number of rotatable bonds is 4. The van der Waals surface area contributed by atoms with Crippen LogP contribution < -0.4 is 11.1 Å². The Morgan fingerprint density at radius 2 is 1.85 bits per heavy atom. The van der Waals surface area contributed by atoms with E-state index < -0.39 is 17.6 Å². The van der Waals surface area contributed by atoms with E-state index in [-0.39, 0.29) is 18.2 Å². The lowest BCUT2D eigenvalue weighted by atomic mass is 10.2. The van der Waals surface area contributed by atoms with Gasteiger partial charge in [-0.2, -0.15) is 0 Å². The lowest BCUT2D eigenvalue weighted by Gasteiger charge is -2.22. The molecule has 1 unspecified atom stereocenters. The minimum absolute atomic E-state index is 0.0192. The molecular formula is C14H20N2O4. The predicted molar refractivity (Wildman–Crippen MR) is 74.3 cm³/mol. The molecule has 0 spiro atoms. The summed E-state index contributed by atoms with van der Waals surface area (Å²) in [5, 5.41) is 11.7. The van der Waals surface area contributed by atoms with Crippen molar-refractivity contribution in [1.29, 1.82) is 0 Å². The Hall–Kier alpha value is -2.08. The van der Waals surface area contributed by atoms with Crippen molar-refractivity contribution in [2.45, 2.75) is 32.4 Å². The molecule has 0 aliphatic heterocycles. The van der Waals surface area contributed by atoms with E-state index in [1.54, 1.807) is 20.8 Å². The first-order valence-electron chi connectivity index (χ1n) is 6.25. The van der Waals surface area contributed by atoms with E-state index in [9.17, 15) is 9.59 Å². The second-order valence-corrected chi connectivity index (χ2v) is 5.40. The molecular weight excluding hydrogens is 260 g/mol. The Kier molecular flexibility index (Phi) is 5.10. The zero-order valence-electron chi connectivity index (χ0n) is 11.8. The van der Waals surface area contributed by atoms with Crippen molar-refractivity contribution in [1.82, 2.24) is 5.32 Å². The van der Waals surface area contributed by atoms with Gasteiger partial charge in [0.1, 0.15) is 17.4 Å². The molecule has 4 N–H and O–H groups in total. The highest BCUT2D eigenvalue weighted by Crippen LogP contribution is 2.10. The first-order chi connectivity index (χ1) is 9.19. The van der Waals surface area contributed by atoms with Crippen LogP contribution >= 0.6 is 0 Å². The summed E-state index contributed by atoms with van der Waals surface area (Å²) in [7, 11) is 0. The normalized spacial score (nSPS) is 12.6. The zero-order valence-corrected chi connectivity index (χ0v) is 11.8. The first kappa shape index (κ1) is 16.0. The van der Waals surface area contributed by atoms with Gasteiger partial charge in [-0.05, 0) is 45.0 Å². The molecule has 0 aromatic heterocycles. The third kappa shape index (κ3) is 5.27. The SMILES string of the molecule is CC(C)(C)OC(=O)C(N)CNC(=O)c1ccc(O)cc1. The minimum Gasteiger partial charge on any atom is -0.508 e. The molecule has 6 nitrogen and oxygen atoms in total. The van der Waals surface area contributed by atoms with Gasteiger partial charge in [0, 0.05) is 12.1 Å². The smallest absolute Gasteiger partial charge is 0.325 e. The Labute approximate surface area is 117 Å². The quantitative estimate of drug-likeness (QED) is 0.708. The number of phenolic OH excluding ortho intramolecular Hbond substituents is 1. The Morgan fingerprint density at radius 3 is 2.35 bits per heavy atom. The Morgan fingerprint density at radius 1 is 1.30 bits per heavy atom. The third-order valence-electron chi connectivity index (χ3n) is 2.32. The van der Waals surface area contributed by atoms with Gasteiger partial charge in [0.15, 0.2) is 0 Å². The molecule has 1 atom stereocenters. The Bertz CT molecular complexity index is 477. The number of nitrogens with one attached hydrogen (secondary N) is 1. The van der Waals surface area contributed by atoms with Crippen LogP contribution in [0.3, 0.4) is 0 Å². The molecule has 0 aliphatic carbocycles. The minimum atomic E-state index is -0.921.